The standard InChI is InChI=1S/C30H41F2N3O3/c1-5-10-35(11-6-2)30(38)23-13-19(3)12-22(17-23)29(37)34-27(16-21-14-24(31)18-25(32)15-21)28(36)26-9-7-8-20(4)33-26/h12-15,17-18,20,26-28,33,36H,5-11,16H2,1-4H3,(H,34,37)/t20-,26?,27?,28-/m1/s1. The van der Waals surface area contributed by atoms with Gasteiger partial charge in [-0.05, 0) is 87.4 Å². The molecule has 1 aliphatic heterocycles. The van der Waals surface area contributed by atoms with Crippen molar-refractivity contribution >= 4 is 11.8 Å². The molecular formula is C30H41F2N3O3. The molecule has 208 valence electrons. The zero-order valence-corrected chi connectivity index (χ0v) is 22.9. The molecule has 2 aromatic carbocycles. The summed E-state index contributed by atoms with van der Waals surface area (Å²) in [6.45, 7) is 9.17. The van der Waals surface area contributed by atoms with Crippen LogP contribution in [0.25, 0.3) is 0 Å². The number of benzene rings is 2. The van der Waals surface area contributed by atoms with E-state index in [1.54, 1.807) is 23.1 Å². The molecule has 0 saturated carbocycles. The van der Waals surface area contributed by atoms with Crippen molar-refractivity contribution in [3.05, 3.63) is 70.3 Å². The highest BCUT2D eigenvalue weighted by atomic mass is 19.1. The molecule has 8 heteroatoms. The minimum absolute atomic E-state index is 0.0481. The van der Waals surface area contributed by atoms with E-state index in [9.17, 15) is 23.5 Å². The molecular weight excluding hydrogens is 488 g/mol. The molecule has 2 aromatic rings. The molecule has 3 rings (SSSR count). The Morgan fingerprint density at radius 3 is 2.26 bits per heavy atom. The van der Waals surface area contributed by atoms with Gasteiger partial charge in [0.05, 0.1) is 12.1 Å². The third-order valence-electron chi connectivity index (χ3n) is 7.03. The summed E-state index contributed by atoms with van der Waals surface area (Å²) in [6, 6.07) is 7.41. The van der Waals surface area contributed by atoms with Crippen molar-refractivity contribution in [1.29, 1.82) is 0 Å². The first-order valence-corrected chi connectivity index (χ1v) is 13.7. The van der Waals surface area contributed by atoms with Gasteiger partial charge < -0.3 is 20.6 Å². The number of hydrogen-bond acceptors (Lipinski definition) is 4. The van der Waals surface area contributed by atoms with Gasteiger partial charge in [-0.25, -0.2) is 8.78 Å². The van der Waals surface area contributed by atoms with Crippen molar-refractivity contribution < 1.29 is 23.5 Å². The number of aliphatic hydroxyl groups excluding tert-OH is 1. The quantitative estimate of drug-likeness (QED) is 0.392. The van der Waals surface area contributed by atoms with E-state index in [1.165, 1.54) is 12.1 Å². The number of carbonyl (C=O) groups is 2. The predicted octanol–water partition coefficient (Wildman–Crippen LogP) is 4.77. The van der Waals surface area contributed by atoms with Gasteiger partial charge in [-0.3, -0.25) is 9.59 Å². The molecule has 1 saturated heterocycles. The van der Waals surface area contributed by atoms with Crippen LogP contribution < -0.4 is 10.6 Å². The second-order valence-corrected chi connectivity index (χ2v) is 10.5. The molecule has 3 N–H and O–H groups in total. The monoisotopic (exact) mass is 529 g/mol. The van der Waals surface area contributed by atoms with Crippen LogP contribution in [0.4, 0.5) is 8.78 Å². The summed E-state index contributed by atoms with van der Waals surface area (Å²) in [4.78, 5) is 28.5. The van der Waals surface area contributed by atoms with E-state index in [4.69, 9.17) is 0 Å². The van der Waals surface area contributed by atoms with Crippen LogP contribution in [-0.2, 0) is 6.42 Å². The molecule has 0 spiro atoms. The molecule has 0 radical (unpaired) electrons. The summed E-state index contributed by atoms with van der Waals surface area (Å²) in [7, 11) is 0. The number of halogens is 2. The lowest BCUT2D eigenvalue weighted by molar-refractivity contribution is 0.0600. The molecule has 1 heterocycles. The third kappa shape index (κ3) is 8.08. The van der Waals surface area contributed by atoms with E-state index in [2.05, 4.69) is 10.6 Å². The zero-order valence-electron chi connectivity index (χ0n) is 22.9. The van der Waals surface area contributed by atoms with Gasteiger partial charge in [0.15, 0.2) is 0 Å². The normalized spacial score (nSPS) is 19.0. The van der Waals surface area contributed by atoms with Crippen molar-refractivity contribution in [3.63, 3.8) is 0 Å². The second kappa shape index (κ2) is 13.8. The van der Waals surface area contributed by atoms with Crippen molar-refractivity contribution in [2.45, 2.75) is 90.4 Å². The zero-order chi connectivity index (χ0) is 27.8. The van der Waals surface area contributed by atoms with E-state index in [1.807, 2.05) is 27.7 Å². The Bertz CT molecular complexity index is 1080. The summed E-state index contributed by atoms with van der Waals surface area (Å²) < 4.78 is 27.8. The van der Waals surface area contributed by atoms with E-state index >= 15 is 0 Å². The summed E-state index contributed by atoms with van der Waals surface area (Å²) in [5.74, 6) is -2.01. The Kier molecular flexibility index (Phi) is 10.8. The Morgan fingerprint density at radius 2 is 1.66 bits per heavy atom. The van der Waals surface area contributed by atoms with Gasteiger partial charge >= 0.3 is 0 Å². The van der Waals surface area contributed by atoms with Crippen LogP contribution in [-0.4, -0.2) is 59.1 Å². The lowest BCUT2D eigenvalue weighted by Gasteiger charge is -2.36. The number of piperidine rings is 1. The summed E-state index contributed by atoms with van der Waals surface area (Å²) in [6.07, 6.45) is 3.37. The largest absolute Gasteiger partial charge is 0.389 e. The minimum Gasteiger partial charge on any atom is -0.389 e. The molecule has 1 aliphatic rings. The first-order chi connectivity index (χ1) is 18.1. The maximum absolute atomic E-state index is 13.9. The number of aryl methyl sites for hydroxylation is 1. The van der Waals surface area contributed by atoms with Crippen LogP contribution in [0.15, 0.2) is 36.4 Å². The Balaban J connectivity index is 1.87. The maximum Gasteiger partial charge on any atom is 0.253 e. The van der Waals surface area contributed by atoms with Crippen molar-refractivity contribution in [2.75, 3.05) is 13.1 Å². The number of aliphatic hydroxyl groups is 1. The lowest BCUT2D eigenvalue weighted by atomic mass is 9.89. The van der Waals surface area contributed by atoms with E-state index in [0.29, 0.717) is 29.8 Å². The summed E-state index contributed by atoms with van der Waals surface area (Å²) in [5, 5.41) is 17.6. The maximum atomic E-state index is 13.9. The fourth-order valence-corrected chi connectivity index (χ4v) is 5.29. The average molecular weight is 530 g/mol. The fourth-order valence-electron chi connectivity index (χ4n) is 5.29. The highest BCUT2D eigenvalue weighted by Crippen LogP contribution is 2.21. The number of amides is 2. The minimum atomic E-state index is -0.983. The third-order valence-corrected chi connectivity index (χ3v) is 7.03. The molecule has 1 fully saturated rings. The van der Waals surface area contributed by atoms with E-state index < -0.39 is 29.7 Å². The molecule has 2 amide bonds. The predicted molar refractivity (Wildman–Crippen MR) is 145 cm³/mol. The van der Waals surface area contributed by atoms with Gasteiger partial charge in [-0.15, -0.1) is 0 Å². The topological polar surface area (TPSA) is 81.7 Å². The van der Waals surface area contributed by atoms with Gasteiger partial charge in [0, 0.05) is 42.4 Å². The van der Waals surface area contributed by atoms with Gasteiger partial charge in [-0.1, -0.05) is 20.3 Å². The summed E-state index contributed by atoms with van der Waals surface area (Å²) >= 11 is 0. The Labute approximate surface area is 224 Å². The van der Waals surface area contributed by atoms with Crippen LogP contribution in [0.1, 0.15) is 84.7 Å². The molecule has 4 atom stereocenters. The second-order valence-electron chi connectivity index (χ2n) is 10.5. The van der Waals surface area contributed by atoms with Crippen LogP contribution in [0.3, 0.4) is 0 Å². The van der Waals surface area contributed by atoms with Crippen LogP contribution in [0, 0.1) is 18.6 Å². The highest BCUT2D eigenvalue weighted by Gasteiger charge is 2.32. The van der Waals surface area contributed by atoms with Crippen LogP contribution >= 0.6 is 0 Å². The Hall–Kier alpha value is -2.84. The molecule has 0 aliphatic carbocycles. The van der Waals surface area contributed by atoms with Gasteiger partial charge in [-0.2, -0.15) is 0 Å². The smallest absolute Gasteiger partial charge is 0.253 e. The highest BCUT2D eigenvalue weighted by molar-refractivity contribution is 6.00. The Morgan fingerprint density at radius 1 is 1.03 bits per heavy atom. The lowest BCUT2D eigenvalue weighted by Crippen LogP contribution is -2.56. The van der Waals surface area contributed by atoms with Gasteiger partial charge in [0.2, 0.25) is 0 Å². The molecule has 0 bridgehead atoms. The van der Waals surface area contributed by atoms with Crippen LogP contribution in [0.5, 0.6) is 0 Å². The number of nitrogens with one attached hydrogen (secondary N) is 2. The number of carbonyl (C=O) groups excluding carboxylic acids is 2. The molecule has 0 aromatic heterocycles. The first kappa shape index (κ1) is 29.7. The van der Waals surface area contributed by atoms with Crippen molar-refractivity contribution in [3.8, 4) is 0 Å². The van der Waals surface area contributed by atoms with E-state index in [0.717, 1.165) is 43.7 Å². The first-order valence-electron chi connectivity index (χ1n) is 13.7. The SMILES string of the molecule is CCCN(CCC)C(=O)c1cc(C)cc(C(=O)NC(Cc2cc(F)cc(F)c2)[C@H](O)C2CCC[C@@H](C)N2)c1. The summed E-state index contributed by atoms with van der Waals surface area (Å²) in [5.41, 5.74) is 1.84. The number of nitrogens with zero attached hydrogens (tertiary/aromatic N) is 1. The van der Waals surface area contributed by atoms with Gasteiger partial charge in [0.25, 0.3) is 11.8 Å². The van der Waals surface area contributed by atoms with Gasteiger partial charge in [0.1, 0.15) is 11.6 Å². The van der Waals surface area contributed by atoms with E-state index in [-0.39, 0.29) is 24.4 Å². The number of rotatable bonds is 11. The fraction of sp³-hybridized carbons (Fsp3) is 0.533. The van der Waals surface area contributed by atoms with Crippen molar-refractivity contribution in [1.82, 2.24) is 15.5 Å². The molecule has 6 nitrogen and oxygen atoms in total. The average Bonchev–Trinajstić information content (AvgIpc) is 2.86. The number of hydrogen-bond donors (Lipinski definition) is 3. The molecule has 2 unspecified atom stereocenters. The van der Waals surface area contributed by atoms with Crippen molar-refractivity contribution in [2.24, 2.45) is 0 Å². The molecule has 38 heavy (non-hydrogen) atoms. The van der Waals surface area contributed by atoms with Crippen LogP contribution in [0.2, 0.25) is 0 Å².